The van der Waals surface area contributed by atoms with E-state index in [9.17, 15) is 0 Å². The van der Waals surface area contributed by atoms with Crippen LogP contribution in [0.3, 0.4) is 0 Å². The average Bonchev–Trinajstić information content (AvgIpc) is 2.83. The number of ether oxygens (including phenoxy) is 1. The third-order valence-corrected chi connectivity index (χ3v) is 5.07. The molecule has 0 aromatic rings. The van der Waals surface area contributed by atoms with Crippen molar-refractivity contribution in [2.45, 2.75) is 37.8 Å². The molecule has 3 aliphatic heterocycles. The Bertz CT molecular complexity index is 270. The van der Waals surface area contributed by atoms with Gasteiger partial charge in [0.05, 0.1) is 12.2 Å². The summed E-state index contributed by atoms with van der Waals surface area (Å²) in [6.45, 7) is 11.6. The summed E-state index contributed by atoms with van der Waals surface area (Å²) < 4.78 is 6.21. The number of rotatable bonds is 2. The molecule has 3 heterocycles. The molecule has 0 amide bonds. The van der Waals surface area contributed by atoms with Crippen molar-refractivity contribution in [1.82, 2.24) is 15.1 Å². The van der Waals surface area contributed by atoms with E-state index >= 15 is 0 Å². The molecule has 0 bridgehead atoms. The van der Waals surface area contributed by atoms with E-state index in [0.717, 1.165) is 19.7 Å². The van der Waals surface area contributed by atoms with Gasteiger partial charge in [-0.3, -0.25) is 4.90 Å². The van der Waals surface area contributed by atoms with Gasteiger partial charge in [0.25, 0.3) is 0 Å². The summed E-state index contributed by atoms with van der Waals surface area (Å²) in [5.41, 5.74) is 0.220. The molecule has 0 aromatic carbocycles. The second-order valence-electron chi connectivity index (χ2n) is 6.07. The predicted octanol–water partition coefficient (Wildman–Crippen LogP) is 0.535. The molecule has 4 heteroatoms. The number of piperidine rings is 1. The minimum absolute atomic E-state index is 0.220. The maximum Gasteiger partial charge on any atom is 0.0723 e. The van der Waals surface area contributed by atoms with E-state index in [4.69, 9.17) is 4.74 Å². The smallest absolute Gasteiger partial charge is 0.0723 e. The monoisotopic (exact) mass is 253 g/mol. The minimum atomic E-state index is 0.220. The summed E-state index contributed by atoms with van der Waals surface area (Å²) in [6.07, 6.45) is 3.68. The summed E-state index contributed by atoms with van der Waals surface area (Å²) in [5, 5.41) is 3.44. The summed E-state index contributed by atoms with van der Waals surface area (Å²) in [4.78, 5) is 5.22. The zero-order chi connectivity index (χ0) is 12.4. The first-order valence-corrected chi connectivity index (χ1v) is 7.62. The molecule has 3 rings (SSSR count). The van der Waals surface area contributed by atoms with Gasteiger partial charge in [-0.25, -0.2) is 0 Å². The Balaban J connectivity index is 1.53. The van der Waals surface area contributed by atoms with Crippen LogP contribution in [0, 0.1) is 0 Å². The van der Waals surface area contributed by atoms with Crippen molar-refractivity contribution in [2.75, 3.05) is 52.4 Å². The van der Waals surface area contributed by atoms with Crippen LogP contribution in [0.15, 0.2) is 0 Å². The van der Waals surface area contributed by atoms with Crippen LogP contribution >= 0.6 is 0 Å². The van der Waals surface area contributed by atoms with E-state index < -0.39 is 0 Å². The quantitative estimate of drug-likeness (QED) is 0.777. The van der Waals surface area contributed by atoms with Gasteiger partial charge in [0.15, 0.2) is 0 Å². The van der Waals surface area contributed by atoms with Gasteiger partial charge in [0.2, 0.25) is 0 Å². The fraction of sp³-hybridized carbons (Fsp3) is 1.00. The number of hydrogen-bond donors (Lipinski definition) is 1. The zero-order valence-corrected chi connectivity index (χ0v) is 11.7. The maximum absolute atomic E-state index is 6.21. The van der Waals surface area contributed by atoms with Gasteiger partial charge in [0.1, 0.15) is 0 Å². The van der Waals surface area contributed by atoms with Gasteiger partial charge in [-0.2, -0.15) is 0 Å². The van der Waals surface area contributed by atoms with Crippen LogP contribution in [-0.2, 0) is 4.74 Å². The molecule has 1 spiro atoms. The van der Waals surface area contributed by atoms with E-state index in [-0.39, 0.29) is 5.60 Å². The Labute approximate surface area is 111 Å². The topological polar surface area (TPSA) is 27.7 Å². The highest BCUT2D eigenvalue weighted by atomic mass is 16.5. The highest BCUT2D eigenvalue weighted by Crippen LogP contribution is 2.36. The lowest BCUT2D eigenvalue weighted by molar-refractivity contribution is -0.0206. The molecule has 4 nitrogen and oxygen atoms in total. The lowest BCUT2D eigenvalue weighted by Crippen LogP contribution is -2.51. The van der Waals surface area contributed by atoms with Crippen molar-refractivity contribution in [3.8, 4) is 0 Å². The number of nitrogens with one attached hydrogen (secondary N) is 1. The molecule has 1 atom stereocenters. The van der Waals surface area contributed by atoms with Gasteiger partial charge >= 0.3 is 0 Å². The number of piperazine rings is 1. The van der Waals surface area contributed by atoms with Crippen molar-refractivity contribution in [1.29, 1.82) is 0 Å². The Kier molecular flexibility index (Phi) is 3.89. The third kappa shape index (κ3) is 2.57. The first kappa shape index (κ1) is 12.9. The summed E-state index contributed by atoms with van der Waals surface area (Å²) >= 11 is 0. The fourth-order valence-corrected chi connectivity index (χ4v) is 3.73. The molecule has 3 fully saturated rings. The van der Waals surface area contributed by atoms with Crippen molar-refractivity contribution < 1.29 is 4.74 Å². The van der Waals surface area contributed by atoms with Crippen LogP contribution in [0.2, 0.25) is 0 Å². The van der Waals surface area contributed by atoms with E-state index in [2.05, 4.69) is 22.0 Å². The first-order chi connectivity index (χ1) is 8.81. The van der Waals surface area contributed by atoms with Crippen LogP contribution in [0.5, 0.6) is 0 Å². The lowest BCUT2D eigenvalue weighted by atomic mass is 9.88. The summed E-state index contributed by atoms with van der Waals surface area (Å²) in [7, 11) is 0. The van der Waals surface area contributed by atoms with Crippen molar-refractivity contribution in [3.63, 3.8) is 0 Å². The molecule has 18 heavy (non-hydrogen) atoms. The molecule has 104 valence electrons. The molecular weight excluding hydrogens is 226 g/mol. The Morgan fingerprint density at radius 1 is 1.17 bits per heavy atom. The molecule has 0 aromatic heterocycles. The summed E-state index contributed by atoms with van der Waals surface area (Å²) in [5.74, 6) is 0. The van der Waals surface area contributed by atoms with Gasteiger partial charge in [-0.05, 0) is 38.9 Å². The highest BCUT2D eigenvalue weighted by molar-refractivity contribution is 4.96. The van der Waals surface area contributed by atoms with Crippen LogP contribution < -0.4 is 5.32 Å². The van der Waals surface area contributed by atoms with Crippen molar-refractivity contribution >= 4 is 0 Å². The van der Waals surface area contributed by atoms with E-state index in [0.29, 0.717) is 6.04 Å². The molecule has 3 saturated heterocycles. The second kappa shape index (κ2) is 5.45. The van der Waals surface area contributed by atoms with E-state index in [1.54, 1.807) is 0 Å². The molecule has 1 N–H and O–H groups in total. The first-order valence-electron chi connectivity index (χ1n) is 7.62. The highest BCUT2D eigenvalue weighted by Gasteiger charge is 2.43. The SMILES string of the molecule is CCN1CCN(C2COC3(CCNCC3)C2)CC1. The van der Waals surface area contributed by atoms with Crippen LogP contribution in [0.1, 0.15) is 26.2 Å². The maximum atomic E-state index is 6.21. The molecule has 1 unspecified atom stereocenters. The number of likely N-dealkylation sites (N-methyl/N-ethyl adjacent to an activating group) is 1. The van der Waals surface area contributed by atoms with Crippen LogP contribution in [-0.4, -0.2) is 73.9 Å². The Hall–Kier alpha value is -0.160. The van der Waals surface area contributed by atoms with E-state index in [1.807, 2.05) is 0 Å². The van der Waals surface area contributed by atoms with Crippen molar-refractivity contribution in [2.24, 2.45) is 0 Å². The standard InChI is InChI=1S/C14H27N3O/c1-2-16-7-9-17(10-8-16)13-11-14(18-12-13)3-5-15-6-4-14/h13,15H,2-12H2,1H3. The summed E-state index contributed by atoms with van der Waals surface area (Å²) in [6, 6.07) is 0.683. The van der Waals surface area contributed by atoms with Gasteiger partial charge < -0.3 is 15.0 Å². The third-order valence-electron chi connectivity index (χ3n) is 5.07. The number of nitrogens with zero attached hydrogens (tertiary/aromatic N) is 2. The molecular formula is C14H27N3O. The number of hydrogen-bond acceptors (Lipinski definition) is 4. The fourth-order valence-electron chi connectivity index (χ4n) is 3.73. The lowest BCUT2D eigenvalue weighted by Gasteiger charge is -2.38. The van der Waals surface area contributed by atoms with Gasteiger partial charge in [-0.15, -0.1) is 0 Å². The van der Waals surface area contributed by atoms with Gasteiger partial charge in [0, 0.05) is 32.2 Å². The minimum Gasteiger partial charge on any atom is -0.373 e. The second-order valence-corrected chi connectivity index (χ2v) is 6.07. The Morgan fingerprint density at radius 2 is 1.89 bits per heavy atom. The van der Waals surface area contributed by atoms with E-state index in [1.165, 1.54) is 52.0 Å². The van der Waals surface area contributed by atoms with Crippen molar-refractivity contribution in [3.05, 3.63) is 0 Å². The molecule has 3 aliphatic rings. The van der Waals surface area contributed by atoms with Gasteiger partial charge in [-0.1, -0.05) is 6.92 Å². The van der Waals surface area contributed by atoms with Crippen LogP contribution in [0.4, 0.5) is 0 Å². The molecule has 0 radical (unpaired) electrons. The average molecular weight is 253 g/mol. The molecule has 0 aliphatic carbocycles. The normalized spacial score (nSPS) is 34.2. The zero-order valence-electron chi connectivity index (χ0n) is 11.7. The Morgan fingerprint density at radius 3 is 2.56 bits per heavy atom. The predicted molar refractivity (Wildman–Crippen MR) is 72.9 cm³/mol. The largest absolute Gasteiger partial charge is 0.373 e. The van der Waals surface area contributed by atoms with Crippen LogP contribution in [0.25, 0.3) is 0 Å². The molecule has 0 saturated carbocycles.